The summed E-state index contributed by atoms with van der Waals surface area (Å²) in [6.45, 7) is 0.0880. The maximum absolute atomic E-state index is 11.2. The Balaban J connectivity index is 2.20. The molecule has 0 saturated heterocycles. The number of nitrogens with one attached hydrogen (secondary N) is 2. The van der Waals surface area contributed by atoms with Gasteiger partial charge in [-0.05, 0) is 12.8 Å². The SMILES string of the molecule is O=c1[nH][nH]c(=O)n1CC1(O)CCCCC1. The van der Waals surface area contributed by atoms with Crippen LogP contribution in [0.2, 0.25) is 0 Å². The first-order chi connectivity index (χ1) is 7.11. The standard InChI is InChI=1S/C9H15N3O3/c13-7-10-11-8(14)12(7)6-9(15)4-2-1-3-5-9/h15H,1-6H2,(H,10,13)(H,11,14). The lowest BCUT2D eigenvalue weighted by Gasteiger charge is -2.31. The van der Waals surface area contributed by atoms with Gasteiger partial charge < -0.3 is 5.11 Å². The number of aliphatic hydroxyl groups is 1. The molecule has 1 aromatic heterocycles. The van der Waals surface area contributed by atoms with Gasteiger partial charge in [0.2, 0.25) is 0 Å². The highest BCUT2D eigenvalue weighted by Gasteiger charge is 2.30. The maximum Gasteiger partial charge on any atom is 0.344 e. The van der Waals surface area contributed by atoms with E-state index in [2.05, 4.69) is 10.2 Å². The lowest BCUT2D eigenvalue weighted by Crippen LogP contribution is -2.42. The second-order valence-electron chi connectivity index (χ2n) is 4.23. The van der Waals surface area contributed by atoms with Crippen LogP contribution in [0.3, 0.4) is 0 Å². The summed E-state index contributed by atoms with van der Waals surface area (Å²) in [6.07, 6.45) is 4.33. The summed E-state index contributed by atoms with van der Waals surface area (Å²) in [6, 6.07) is 0. The predicted octanol–water partition coefficient (Wildman–Crippen LogP) is -0.440. The summed E-state index contributed by atoms with van der Waals surface area (Å²) in [7, 11) is 0. The molecule has 0 spiro atoms. The maximum atomic E-state index is 11.2. The minimum Gasteiger partial charge on any atom is -0.388 e. The molecule has 0 aliphatic heterocycles. The van der Waals surface area contributed by atoms with E-state index in [0.717, 1.165) is 23.8 Å². The molecule has 1 heterocycles. The van der Waals surface area contributed by atoms with Crippen molar-refractivity contribution in [3.8, 4) is 0 Å². The zero-order valence-corrected chi connectivity index (χ0v) is 8.45. The number of hydrogen-bond donors (Lipinski definition) is 3. The van der Waals surface area contributed by atoms with E-state index in [9.17, 15) is 14.7 Å². The fraction of sp³-hybridized carbons (Fsp3) is 0.778. The lowest BCUT2D eigenvalue weighted by atomic mass is 9.85. The van der Waals surface area contributed by atoms with Gasteiger partial charge in [-0.15, -0.1) is 0 Å². The van der Waals surface area contributed by atoms with Crippen molar-refractivity contribution in [1.82, 2.24) is 14.8 Å². The van der Waals surface area contributed by atoms with Gasteiger partial charge in [0.15, 0.2) is 0 Å². The van der Waals surface area contributed by atoms with Crippen LogP contribution in [-0.2, 0) is 6.54 Å². The van der Waals surface area contributed by atoms with Gasteiger partial charge in [0, 0.05) is 0 Å². The van der Waals surface area contributed by atoms with Crippen molar-refractivity contribution in [2.45, 2.75) is 44.2 Å². The van der Waals surface area contributed by atoms with Gasteiger partial charge in [0.05, 0.1) is 12.1 Å². The van der Waals surface area contributed by atoms with Gasteiger partial charge in [-0.2, -0.15) is 0 Å². The third kappa shape index (κ3) is 2.04. The topological polar surface area (TPSA) is 90.9 Å². The molecule has 0 amide bonds. The first-order valence-corrected chi connectivity index (χ1v) is 5.21. The van der Waals surface area contributed by atoms with Crippen LogP contribution in [0.5, 0.6) is 0 Å². The van der Waals surface area contributed by atoms with Gasteiger partial charge in [0.1, 0.15) is 0 Å². The molecule has 0 aromatic carbocycles. The second kappa shape index (κ2) is 3.69. The van der Waals surface area contributed by atoms with Crippen LogP contribution in [0.4, 0.5) is 0 Å². The quantitative estimate of drug-likeness (QED) is 0.622. The summed E-state index contributed by atoms with van der Waals surface area (Å²) >= 11 is 0. The molecule has 15 heavy (non-hydrogen) atoms. The highest BCUT2D eigenvalue weighted by atomic mass is 16.3. The number of rotatable bonds is 2. The fourth-order valence-corrected chi connectivity index (χ4v) is 2.14. The smallest absolute Gasteiger partial charge is 0.344 e. The van der Waals surface area contributed by atoms with E-state index >= 15 is 0 Å². The van der Waals surface area contributed by atoms with Gasteiger partial charge in [-0.3, -0.25) is 0 Å². The average Bonchev–Trinajstić information content (AvgIpc) is 2.50. The van der Waals surface area contributed by atoms with Crippen LogP contribution < -0.4 is 11.4 Å². The van der Waals surface area contributed by atoms with Gasteiger partial charge in [-0.1, -0.05) is 19.3 Å². The van der Waals surface area contributed by atoms with E-state index in [0.29, 0.717) is 12.8 Å². The Bertz CT molecular complexity index is 408. The molecule has 0 bridgehead atoms. The normalized spacial score (nSPS) is 20.3. The number of nitrogens with zero attached hydrogens (tertiary/aromatic N) is 1. The van der Waals surface area contributed by atoms with E-state index in [1.807, 2.05) is 0 Å². The lowest BCUT2D eigenvalue weighted by molar-refractivity contribution is -0.0129. The monoisotopic (exact) mass is 213 g/mol. The highest BCUT2D eigenvalue weighted by molar-refractivity contribution is 4.84. The molecule has 6 nitrogen and oxygen atoms in total. The molecule has 6 heteroatoms. The van der Waals surface area contributed by atoms with Gasteiger partial charge in [-0.25, -0.2) is 24.4 Å². The molecular formula is C9H15N3O3. The van der Waals surface area contributed by atoms with E-state index in [1.165, 1.54) is 0 Å². The molecule has 3 N–H and O–H groups in total. The van der Waals surface area contributed by atoms with Crippen molar-refractivity contribution in [2.75, 3.05) is 0 Å². The summed E-state index contributed by atoms with van der Waals surface area (Å²) < 4.78 is 1.02. The molecule has 1 aliphatic rings. The Morgan fingerprint density at radius 2 is 1.67 bits per heavy atom. The third-order valence-corrected chi connectivity index (χ3v) is 3.00. The molecule has 0 unspecified atom stereocenters. The Morgan fingerprint density at radius 3 is 2.20 bits per heavy atom. The van der Waals surface area contributed by atoms with E-state index in [-0.39, 0.29) is 6.54 Å². The minimum absolute atomic E-state index is 0.0880. The van der Waals surface area contributed by atoms with Crippen molar-refractivity contribution >= 4 is 0 Å². The largest absolute Gasteiger partial charge is 0.388 e. The molecule has 2 rings (SSSR count). The van der Waals surface area contributed by atoms with Crippen molar-refractivity contribution in [3.05, 3.63) is 21.0 Å². The number of hydrogen-bond acceptors (Lipinski definition) is 3. The van der Waals surface area contributed by atoms with Crippen LogP contribution in [0.1, 0.15) is 32.1 Å². The second-order valence-corrected chi connectivity index (χ2v) is 4.23. The van der Waals surface area contributed by atoms with Crippen LogP contribution in [-0.4, -0.2) is 25.5 Å². The van der Waals surface area contributed by atoms with Gasteiger partial charge >= 0.3 is 11.4 Å². The van der Waals surface area contributed by atoms with Crippen molar-refractivity contribution in [2.24, 2.45) is 0 Å². The summed E-state index contributed by atoms with van der Waals surface area (Å²) in [4.78, 5) is 22.4. The third-order valence-electron chi connectivity index (χ3n) is 3.00. The number of H-pyrrole nitrogens is 2. The predicted molar refractivity (Wildman–Crippen MR) is 53.7 cm³/mol. The Kier molecular flexibility index (Phi) is 2.52. The van der Waals surface area contributed by atoms with E-state index in [4.69, 9.17) is 0 Å². The van der Waals surface area contributed by atoms with Crippen LogP contribution in [0.15, 0.2) is 9.59 Å². The molecule has 0 atom stereocenters. The molecular weight excluding hydrogens is 198 g/mol. The van der Waals surface area contributed by atoms with Crippen LogP contribution >= 0.6 is 0 Å². The number of aromatic amines is 2. The zero-order valence-electron chi connectivity index (χ0n) is 8.45. The highest BCUT2D eigenvalue weighted by Crippen LogP contribution is 2.28. The number of aromatic nitrogens is 3. The average molecular weight is 213 g/mol. The molecule has 1 fully saturated rings. The first kappa shape index (κ1) is 10.2. The Labute approximate surface area is 85.9 Å². The Morgan fingerprint density at radius 1 is 1.13 bits per heavy atom. The fourth-order valence-electron chi connectivity index (χ4n) is 2.14. The summed E-state index contributed by atoms with van der Waals surface area (Å²) in [5, 5.41) is 14.6. The minimum atomic E-state index is -0.892. The molecule has 1 aromatic rings. The van der Waals surface area contributed by atoms with Gasteiger partial charge in [0.25, 0.3) is 0 Å². The molecule has 84 valence electrons. The molecule has 0 radical (unpaired) electrons. The summed E-state index contributed by atoms with van der Waals surface area (Å²) in [5.74, 6) is 0. The summed E-state index contributed by atoms with van der Waals surface area (Å²) in [5.41, 5.74) is -1.87. The Hall–Kier alpha value is -1.30. The van der Waals surface area contributed by atoms with Crippen LogP contribution in [0, 0.1) is 0 Å². The van der Waals surface area contributed by atoms with Crippen molar-refractivity contribution in [1.29, 1.82) is 0 Å². The zero-order chi connectivity index (χ0) is 10.9. The molecule has 1 saturated carbocycles. The van der Waals surface area contributed by atoms with Crippen LogP contribution in [0.25, 0.3) is 0 Å². The van der Waals surface area contributed by atoms with E-state index in [1.54, 1.807) is 0 Å². The molecule has 1 aliphatic carbocycles. The van der Waals surface area contributed by atoms with Crippen molar-refractivity contribution in [3.63, 3.8) is 0 Å². The first-order valence-electron chi connectivity index (χ1n) is 5.21. The van der Waals surface area contributed by atoms with E-state index < -0.39 is 17.0 Å². The van der Waals surface area contributed by atoms with Crippen molar-refractivity contribution < 1.29 is 5.11 Å².